The lowest BCUT2D eigenvalue weighted by atomic mass is 10.0. The summed E-state index contributed by atoms with van der Waals surface area (Å²) in [7, 11) is 0. The van der Waals surface area contributed by atoms with Crippen LogP contribution in [-0.2, 0) is 0 Å². The van der Waals surface area contributed by atoms with Gasteiger partial charge in [0.1, 0.15) is 0 Å². The van der Waals surface area contributed by atoms with E-state index in [0.29, 0.717) is 0 Å². The second-order valence-electron chi connectivity index (χ2n) is 3.37. The van der Waals surface area contributed by atoms with Crippen molar-refractivity contribution in [3.8, 4) is 0 Å². The van der Waals surface area contributed by atoms with Crippen LogP contribution in [0, 0.1) is 5.92 Å². The molecule has 1 heteroatoms. The molecule has 0 N–H and O–H groups in total. The standard InChI is InChI=1S/C8H15Cl/c1-3-7(2)6-8(9)4-5-8/h7H,3-6H2,1-2H3. The van der Waals surface area contributed by atoms with Gasteiger partial charge in [0.15, 0.2) is 0 Å². The van der Waals surface area contributed by atoms with E-state index in [1.807, 2.05) is 0 Å². The summed E-state index contributed by atoms with van der Waals surface area (Å²) >= 11 is 6.12. The topological polar surface area (TPSA) is 0 Å². The second kappa shape index (κ2) is 2.49. The highest BCUT2D eigenvalue weighted by molar-refractivity contribution is 6.25. The van der Waals surface area contributed by atoms with Crippen molar-refractivity contribution in [1.29, 1.82) is 0 Å². The van der Waals surface area contributed by atoms with Crippen molar-refractivity contribution in [2.75, 3.05) is 0 Å². The molecule has 1 aliphatic rings. The molecule has 0 spiro atoms. The van der Waals surface area contributed by atoms with Crippen molar-refractivity contribution >= 4 is 11.6 Å². The van der Waals surface area contributed by atoms with Gasteiger partial charge in [-0.05, 0) is 25.2 Å². The molecule has 1 rings (SSSR count). The van der Waals surface area contributed by atoms with E-state index in [2.05, 4.69) is 13.8 Å². The van der Waals surface area contributed by atoms with Gasteiger partial charge in [-0.1, -0.05) is 20.3 Å². The van der Waals surface area contributed by atoms with Crippen LogP contribution >= 0.6 is 11.6 Å². The van der Waals surface area contributed by atoms with Gasteiger partial charge in [0.05, 0.1) is 0 Å². The molecule has 0 aromatic carbocycles. The van der Waals surface area contributed by atoms with E-state index in [9.17, 15) is 0 Å². The monoisotopic (exact) mass is 146 g/mol. The highest BCUT2D eigenvalue weighted by Crippen LogP contribution is 2.47. The van der Waals surface area contributed by atoms with E-state index in [1.165, 1.54) is 25.7 Å². The summed E-state index contributed by atoms with van der Waals surface area (Å²) in [6.07, 6.45) is 5.00. The molecular weight excluding hydrogens is 132 g/mol. The molecule has 0 amide bonds. The Morgan fingerprint density at radius 1 is 1.56 bits per heavy atom. The van der Waals surface area contributed by atoms with Gasteiger partial charge in [-0.15, -0.1) is 11.6 Å². The molecule has 0 saturated heterocycles. The fraction of sp³-hybridized carbons (Fsp3) is 1.00. The lowest BCUT2D eigenvalue weighted by Gasteiger charge is -2.10. The third-order valence-electron chi connectivity index (χ3n) is 2.20. The van der Waals surface area contributed by atoms with Crippen molar-refractivity contribution in [3.63, 3.8) is 0 Å². The molecule has 0 aromatic rings. The Bertz CT molecular complexity index is 94.7. The van der Waals surface area contributed by atoms with Crippen LogP contribution < -0.4 is 0 Å². The maximum atomic E-state index is 6.12. The summed E-state index contributed by atoms with van der Waals surface area (Å²) in [4.78, 5) is 0.245. The molecule has 1 aliphatic carbocycles. The summed E-state index contributed by atoms with van der Waals surface area (Å²) in [5.41, 5.74) is 0. The summed E-state index contributed by atoms with van der Waals surface area (Å²) < 4.78 is 0. The molecule has 1 unspecified atom stereocenters. The van der Waals surface area contributed by atoms with E-state index in [-0.39, 0.29) is 4.87 Å². The van der Waals surface area contributed by atoms with Crippen LogP contribution in [0.25, 0.3) is 0 Å². The fourth-order valence-electron chi connectivity index (χ4n) is 1.11. The van der Waals surface area contributed by atoms with Crippen LogP contribution in [0.3, 0.4) is 0 Å². The third-order valence-corrected chi connectivity index (χ3v) is 2.74. The fourth-order valence-corrected chi connectivity index (χ4v) is 1.47. The largest absolute Gasteiger partial charge is 0.119 e. The Kier molecular flexibility index (Phi) is 2.05. The summed E-state index contributed by atoms with van der Waals surface area (Å²) in [5, 5.41) is 0. The maximum Gasteiger partial charge on any atom is 0.0450 e. The average molecular weight is 147 g/mol. The minimum atomic E-state index is 0.245. The molecule has 1 atom stereocenters. The van der Waals surface area contributed by atoms with Gasteiger partial charge in [0, 0.05) is 4.87 Å². The third kappa shape index (κ3) is 2.17. The number of hydrogen-bond donors (Lipinski definition) is 0. The number of alkyl halides is 1. The van der Waals surface area contributed by atoms with Crippen molar-refractivity contribution in [2.45, 2.75) is 44.4 Å². The zero-order chi connectivity index (χ0) is 6.91. The predicted octanol–water partition coefficient (Wildman–Crippen LogP) is 3.19. The first-order chi connectivity index (χ1) is 4.16. The van der Waals surface area contributed by atoms with E-state index in [4.69, 9.17) is 11.6 Å². The van der Waals surface area contributed by atoms with Crippen LogP contribution in [0.15, 0.2) is 0 Å². The van der Waals surface area contributed by atoms with E-state index in [0.717, 1.165) is 5.92 Å². The van der Waals surface area contributed by atoms with Crippen LogP contribution in [0.4, 0.5) is 0 Å². The van der Waals surface area contributed by atoms with Crippen LogP contribution in [-0.4, -0.2) is 4.87 Å². The first-order valence-corrected chi connectivity index (χ1v) is 4.23. The van der Waals surface area contributed by atoms with Crippen molar-refractivity contribution < 1.29 is 0 Å². The first kappa shape index (κ1) is 7.40. The number of halogens is 1. The summed E-state index contributed by atoms with van der Waals surface area (Å²) in [5.74, 6) is 0.824. The molecule has 0 aromatic heterocycles. The molecular formula is C8H15Cl. The lowest BCUT2D eigenvalue weighted by molar-refractivity contribution is 0.496. The second-order valence-corrected chi connectivity index (χ2v) is 4.17. The zero-order valence-corrected chi connectivity index (χ0v) is 7.04. The van der Waals surface area contributed by atoms with Gasteiger partial charge in [-0.3, -0.25) is 0 Å². The van der Waals surface area contributed by atoms with Gasteiger partial charge >= 0.3 is 0 Å². The number of hydrogen-bond acceptors (Lipinski definition) is 0. The van der Waals surface area contributed by atoms with Crippen molar-refractivity contribution in [2.24, 2.45) is 5.92 Å². The Labute approximate surface area is 62.6 Å². The molecule has 0 bridgehead atoms. The summed E-state index contributed by atoms with van der Waals surface area (Å²) in [6, 6.07) is 0. The Hall–Kier alpha value is 0.290. The quantitative estimate of drug-likeness (QED) is 0.537. The highest BCUT2D eigenvalue weighted by atomic mass is 35.5. The van der Waals surface area contributed by atoms with Gasteiger partial charge in [0.2, 0.25) is 0 Å². The molecule has 1 fully saturated rings. The molecule has 1 saturated carbocycles. The maximum absolute atomic E-state index is 6.12. The Morgan fingerprint density at radius 2 is 2.11 bits per heavy atom. The van der Waals surface area contributed by atoms with Crippen molar-refractivity contribution in [3.05, 3.63) is 0 Å². The molecule has 0 radical (unpaired) electrons. The van der Waals surface area contributed by atoms with E-state index in [1.54, 1.807) is 0 Å². The summed E-state index contributed by atoms with van der Waals surface area (Å²) in [6.45, 7) is 4.51. The SMILES string of the molecule is CCC(C)CC1(Cl)CC1. The van der Waals surface area contributed by atoms with Gasteiger partial charge in [-0.25, -0.2) is 0 Å². The average Bonchev–Trinajstić information content (AvgIpc) is 2.48. The molecule has 54 valence electrons. The van der Waals surface area contributed by atoms with E-state index >= 15 is 0 Å². The zero-order valence-electron chi connectivity index (χ0n) is 6.28. The van der Waals surface area contributed by atoms with Gasteiger partial charge in [-0.2, -0.15) is 0 Å². The van der Waals surface area contributed by atoms with E-state index < -0.39 is 0 Å². The van der Waals surface area contributed by atoms with Gasteiger partial charge in [0.25, 0.3) is 0 Å². The smallest absolute Gasteiger partial charge is 0.0450 e. The molecule has 0 heterocycles. The minimum Gasteiger partial charge on any atom is -0.119 e. The van der Waals surface area contributed by atoms with Gasteiger partial charge < -0.3 is 0 Å². The predicted molar refractivity (Wildman–Crippen MR) is 41.9 cm³/mol. The Morgan fingerprint density at radius 3 is 2.44 bits per heavy atom. The normalized spacial score (nSPS) is 25.7. The Balaban J connectivity index is 2.17. The lowest BCUT2D eigenvalue weighted by Crippen LogP contribution is -2.04. The van der Waals surface area contributed by atoms with Crippen molar-refractivity contribution in [1.82, 2.24) is 0 Å². The van der Waals surface area contributed by atoms with Crippen LogP contribution in [0.2, 0.25) is 0 Å². The van der Waals surface area contributed by atoms with Crippen LogP contribution in [0.5, 0.6) is 0 Å². The van der Waals surface area contributed by atoms with Crippen LogP contribution in [0.1, 0.15) is 39.5 Å². The molecule has 0 aliphatic heterocycles. The minimum absolute atomic E-state index is 0.245. The number of rotatable bonds is 3. The molecule has 0 nitrogen and oxygen atoms in total. The molecule has 9 heavy (non-hydrogen) atoms. The highest BCUT2D eigenvalue weighted by Gasteiger charge is 2.40. The first-order valence-electron chi connectivity index (χ1n) is 3.85.